The van der Waals surface area contributed by atoms with E-state index in [0.717, 1.165) is 18.1 Å². The molecular formula is C21H24F2N6O2S. The third-order valence-corrected chi connectivity index (χ3v) is 6.77. The van der Waals surface area contributed by atoms with Gasteiger partial charge in [-0.05, 0) is 18.6 Å². The summed E-state index contributed by atoms with van der Waals surface area (Å²) in [4.78, 5) is 10.2. The van der Waals surface area contributed by atoms with E-state index in [2.05, 4.69) is 15.1 Å². The summed E-state index contributed by atoms with van der Waals surface area (Å²) in [5, 5.41) is 4.54. The molecule has 2 aromatic heterocycles. The molecular weight excluding hydrogens is 438 g/mol. The Morgan fingerprint density at radius 2 is 1.78 bits per heavy atom. The number of aryl methyl sites for hydroxylation is 1. The summed E-state index contributed by atoms with van der Waals surface area (Å²) >= 11 is 0. The zero-order chi connectivity index (χ0) is 22.9. The molecule has 0 N–H and O–H groups in total. The molecule has 11 heteroatoms. The zero-order valence-corrected chi connectivity index (χ0v) is 18.7. The van der Waals surface area contributed by atoms with Gasteiger partial charge >= 0.3 is 0 Å². The summed E-state index contributed by atoms with van der Waals surface area (Å²) in [6.45, 7) is 3.39. The fourth-order valence-electron chi connectivity index (χ4n) is 3.71. The molecule has 32 heavy (non-hydrogen) atoms. The van der Waals surface area contributed by atoms with Crippen molar-refractivity contribution < 1.29 is 17.2 Å². The predicted octanol–water partition coefficient (Wildman–Crippen LogP) is 2.31. The summed E-state index contributed by atoms with van der Waals surface area (Å²) in [5.74, 6) is -0.512. The number of piperazine rings is 1. The molecule has 3 heterocycles. The Balaban J connectivity index is 1.60. The first kappa shape index (κ1) is 22.3. The standard InChI is InChI=1S/C21H24F2N6O2S/c1-3-16-12-19(26-29(16)14-15-6-4-5-7-17(15)22)20-24-13-18(23)21(25-20)27-8-10-28(11-9-27)32(2,30)31/h4-7,12-13H,3,8-11,14H2,1-2H3. The number of aromatic nitrogens is 4. The van der Waals surface area contributed by atoms with Gasteiger partial charge in [0.05, 0.1) is 19.0 Å². The molecule has 1 aromatic carbocycles. The highest BCUT2D eigenvalue weighted by atomic mass is 32.2. The highest BCUT2D eigenvalue weighted by molar-refractivity contribution is 7.88. The van der Waals surface area contributed by atoms with Crippen LogP contribution in [0.2, 0.25) is 0 Å². The third-order valence-electron chi connectivity index (χ3n) is 5.47. The molecule has 0 saturated carbocycles. The highest BCUT2D eigenvalue weighted by Crippen LogP contribution is 2.23. The Morgan fingerprint density at radius 1 is 1.06 bits per heavy atom. The van der Waals surface area contributed by atoms with Crippen LogP contribution in [0, 0.1) is 11.6 Å². The van der Waals surface area contributed by atoms with Crippen LogP contribution in [0.25, 0.3) is 11.5 Å². The van der Waals surface area contributed by atoms with Crippen molar-refractivity contribution in [2.45, 2.75) is 19.9 Å². The zero-order valence-electron chi connectivity index (χ0n) is 17.9. The quantitative estimate of drug-likeness (QED) is 0.559. The number of halogens is 2. The van der Waals surface area contributed by atoms with Crippen LogP contribution in [0.5, 0.6) is 0 Å². The first-order valence-corrected chi connectivity index (χ1v) is 12.1. The normalized spacial score (nSPS) is 15.3. The van der Waals surface area contributed by atoms with Crippen LogP contribution in [-0.4, -0.2) is 64.9 Å². The molecule has 0 bridgehead atoms. The van der Waals surface area contributed by atoms with Gasteiger partial charge in [-0.3, -0.25) is 4.68 Å². The van der Waals surface area contributed by atoms with E-state index in [0.29, 0.717) is 30.8 Å². The lowest BCUT2D eigenvalue weighted by molar-refractivity contribution is 0.384. The fraction of sp³-hybridized carbons (Fsp3) is 0.381. The molecule has 0 spiro atoms. The molecule has 1 aliphatic heterocycles. The SMILES string of the molecule is CCc1cc(-c2ncc(F)c(N3CCN(S(C)(=O)=O)CC3)n2)nn1Cc1ccccc1F. The van der Waals surface area contributed by atoms with Crippen LogP contribution in [0.1, 0.15) is 18.2 Å². The maximum Gasteiger partial charge on any atom is 0.211 e. The molecule has 0 unspecified atom stereocenters. The average Bonchev–Trinajstić information content (AvgIpc) is 3.18. The molecule has 1 fully saturated rings. The Labute approximate surface area is 185 Å². The van der Waals surface area contributed by atoms with Crippen LogP contribution in [0.15, 0.2) is 36.5 Å². The summed E-state index contributed by atoms with van der Waals surface area (Å²) < 4.78 is 55.1. The molecule has 1 saturated heterocycles. The van der Waals surface area contributed by atoms with E-state index in [1.165, 1.54) is 10.4 Å². The number of sulfonamides is 1. The molecule has 0 atom stereocenters. The lowest BCUT2D eigenvalue weighted by Crippen LogP contribution is -2.48. The van der Waals surface area contributed by atoms with E-state index in [4.69, 9.17) is 0 Å². The van der Waals surface area contributed by atoms with Crippen molar-refractivity contribution in [3.63, 3.8) is 0 Å². The smallest absolute Gasteiger partial charge is 0.211 e. The molecule has 170 valence electrons. The molecule has 0 amide bonds. The van der Waals surface area contributed by atoms with E-state index in [-0.39, 0.29) is 37.1 Å². The minimum Gasteiger partial charge on any atom is -0.351 e. The van der Waals surface area contributed by atoms with Crippen molar-refractivity contribution in [1.82, 2.24) is 24.1 Å². The molecule has 0 aliphatic carbocycles. The number of benzene rings is 1. The van der Waals surface area contributed by atoms with Gasteiger partial charge in [-0.25, -0.2) is 27.2 Å². The molecule has 0 radical (unpaired) electrons. The molecule has 3 aromatic rings. The van der Waals surface area contributed by atoms with Gasteiger partial charge in [0.15, 0.2) is 17.5 Å². The van der Waals surface area contributed by atoms with Gasteiger partial charge in [0.1, 0.15) is 11.5 Å². The number of hydrogen-bond acceptors (Lipinski definition) is 6. The number of rotatable bonds is 6. The van der Waals surface area contributed by atoms with Gasteiger partial charge in [0.2, 0.25) is 10.0 Å². The number of anilines is 1. The van der Waals surface area contributed by atoms with Crippen molar-refractivity contribution >= 4 is 15.8 Å². The van der Waals surface area contributed by atoms with Gasteiger partial charge in [0.25, 0.3) is 0 Å². The average molecular weight is 463 g/mol. The minimum atomic E-state index is -3.29. The molecule has 8 nitrogen and oxygen atoms in total. The summed E-state index contributed by atoms with van der Waals surface area (Å²) in [7, 11) is -3.29. The fourth-order valence-corrected chi connectivity index (χ4v) is 4.54. The predicted molar refractivity (Wildman–Crippen MR) is 117 cm³/mol. The third kappa shape index (κ3) is 4.63. The van der Waals surface area contributed by atoms with Gasteiger partial charge in [-0.15, -0.1) is 0 Å². The van der Waals surface area contributed by atoms with Crippen LogP contribution < -0.4 is 4.90 Å². The van der Waals surface area contributed by atoms with E-state index >= 15 is 0 Å². The lowest BCUT2D eigenvalue weighted by atomic mass is 10.2. The second kappa shape index (κ2) is 8.91. The topological polar surface area (TPSA) is 84.2 Å². The van der Waals surface area contributed by atoms with Crippen molar-refractivity contribution in [2.24, 2.45) is 0 Å². The first-order chi connectivity index (χ1) is 15.3. The van der Waals surface area contributed by atoms with Gasteiger partial charge in [-0.2, -0.15) is 9.40 Å². The second-order valence-electron chi connectivity index (χ2n) is 7.64. The van der Waals surface area contributed by atoms with Crippen molar-refractivity contribution in [1.29, 1.82) is 0 Å². The monoisotopic (exact) mass is 462 g/mol. The summed E-state index contributed by atoms with van der Waals surface area (Å²) in [6.07, 6.45) is 2.93. The number of hydrogen-bond donors (Lipinski definition) is 0. The van der Waals surface area contributed by atoms with Gasteiger partial charge in [0, 0.05) is 37.4 Å². The van der Waals surface area contributed by atoms with E-state index < -0.39 is 15.8 Å². The Morgan fingerprint density at radius 3 is 2.44 bits per heavy atom. The Bertz CT molecular complexity index is 1220. The van der Waals surface area contributed by atoms with Gasteiger partial charge in [-0.1, -0.05) is 25.1 Å². The largest absolute Gasteiger partial charge is 0.351 e. The lowest BCUT2D eigenvalue weighted by Gasteiger charge is -2.34. The van der Waals surface area contributed by atoms with Crippen LogP contribution in [0.4, 0.5) is 14.6 Å². The maximum absolute atomic E-state index is 14.5. The van der Waals surface area contributed by atoms with Crippen molar-refractivity contribution in [3.8, 4) is 11.5 Å². The first-order valence-electron chi connectivity index (χ1n) is 10.3. The van der Waals surface area contributed by atoms with Crippen LogP contribution >= 0.6 is 0 Å². The highest BCUT2D eigenvalue weighted by Gasteiger charge is 2.26. The molecule has 1 aliphatic rings. The summed E-state index contributed by atoms with van der Waals surface area (Å²) in [6, 6.07) is 8.34. The van der Waals surface area contributed by atoms with Crippen LogP contribution in [0.3, 0.4) is 0 Å². The summed E-state index contributed by atoms with van der Waals surface area (Å²) in [5.41, 5.74) is 1.86. The number of nitrogens with zero attached hydrogens (tertiary/aromatic N) is 6. The van der Waals surface area contributed by atoms with E-state index in [1.54, 1.807) is 27.8 Å². The second-order valence-corrected chi connectivity index (χ2v) is 9.62. The maximum atomic E-state index is 14.5. The van der Waals surface area contributed by atoms with E-state index in [1.807, 2.05) is 13.0 Å². The van der Waals surface area contributed by atoms with Crippen molar-refractivity contribution in [2.75, 3.05) is 37.3 Å². The Kier molecular flexibility index (Phi) is 6.20. The van der Waals surface area contributed by atoms with E-state index in [9.17, 15) is 17.2 Å². The minimum absolute atomic E-state index is 0.116. The van der Waals surface area contributed by atoms with Crippen LogP contribution in [-0.2, 0) is 23.0 Å². The molecule has 4 rings (SSSR count). The van der Waals surface area contributed by atoms with Gasteiger partial charge < -0.3 is 4.90 Å². The Hall–Kier alpha value is -2.92. The van der Waals surface area contributed by atoms with Crippen molar-refractivity contribution in [3.05, 3.63) is 59.4 Å².